The van der Waals surface area contributed by atoms with Crippen LogP contribution < -0.4 is 5.32 Å². The van der Waals surface area contributed by atoms with Crippen molar-refractivity contribution in [2.75, 3.05) is 19.0 Å². The third-order valence-electron chi connectivity index (χ3n) is 2.74. The molecule has 0 fully saturated rings. The van der Waals surface area contributed by atoms with Crippen molar-refractivity contribution in [3.8, 4) is 0 Å². The Balaban J connectivity index is 2.60. The Morgan fingerprint density at radius 1 is 1.37 bits per heavy atom. The Morgan fingerprint density at radius 3 is 2.84 bits per heavy atom. The SMILES string of the molecule is CCCNc1cc(COC)nc2cc(F)cc(Cl)c12. The number of halogens is 2. The lowest BCUT2D eigenvalue weighted by atomic mass is 10.1. The number of nitrogens with zero attached hydrogens (tertiary/aromatic N) is 1. The van der Waals surface area contributed by atoms with E-state index >= 15 is 0 Å². The van der Waals surface area contributed by atoms with Gasteiger partial charge in [0, 0.05) is 30.8 Å². The number of hydrogen-bond donors (Lipinski definition) is 1. The molecule has 0 spiro atoms. The number of methoxy groups -OCH3 is 1. The van der Waals surface area contributed by atoms with Crippen LogP contribution in [0.5, 0.6) is 0 Å². The summed E-state index contributed by atoms with van der Waals surface area (Å²) in [7, 11) is 1.60. The van der Waals surface area contributed by atoms with Gasteiger partial charge in [-0.2, -0.15) is 0 Å². The van der Waals surface area contributed by atoms with E-state index in [9.17, 15) is 4.39 Å². The van der Waals surface area contributed by atoms with Gasteiger partial charge in [0.2, 0.25) is 0 Å². The zero-order chi connectivity index (χ0) is 13.8. The molecule has 102 valence electrons. The number of ether oxygens (including phenoxy) is 1. The molecule has 1 N–H and O–H groups in total. The standard InChI is InChI=1S/C14H16ClFN2O/c1-3-4-17-12-7-10(8-19-2)18-13-6-9(16)5-11(15)14(12)13/h5-7H,3-4,8H2,1-2H3,(H,17,18). The van der Waals surface area contributed by atoms with Gasteiger partial charge in [0.25, 0.3) is 0 Å². The summed E-state index contributed by atoms with van der Waals surface area (Å²) in [5.74, 6) is -0.388. The second-order valence-electron chi connectivity index (χ2n) is 4.30. The van der Waals surface area contributed by atoms with Crippen LogP contribution in [0.25, 0.3) is 10.9 Å². The van der Waals surface area contributed by atoms with E-state index in [1.165, 1.54) is 12.1 Å². The van der Waals surface area contributed by atoms with E-state index < -0.39 is 0 Å². The fraction of sp³-hybridized carbons (Fsp3) is 0.357. The maximum atomic E-state index is 13.4. The van der Waals surface area contributed by atoms with Gasteiger partial charge in [-0.05, 0) is 18.6 Å². The molecule has 1 aromatic heterocycles. The molecule has 0 bridgehead atoms. The summed E-state index contributed by atoms with van der Waals surface area (Å²) in [6.45, 7) is 3.28. The van der Waals surface area contributed by atoms with Crippen LogP contribution in [0.15, 0.2) is 18.2 Å². The lowest BCUT2D eigenvalue weighted by molar-refractivity contribution is 0.182. The average Bonchev–Trinajstić information content (AvgIpc) is 2.35. The minimum Gasteiger partial charge on any atom is -0.384 e. The Labute approximate surface area is 116 Å². The van der Waals surface area contributed by atoms with Gasteiger partial charge in [-0.1, -0.05) is 18.5 Å². The van der Waals surface area contributed by atoms with E-state index in [-0.39, 0.29) is 5.82 Å². The minimum atomic E-state index is -0.388. The third-order valence-corrected chi connectivity index (χ3v) is 3.03. The number of benzene rings is 1. The molecule has 0 unspecified atom stereocenters. The number of rotatable bonds is 5. The molecule has 5 heteroatoms. The first-order chi connectivity index (χ1) is 9.15. The maximum Gasteiger partial charge on any atom is 0.126 e. The maximum absolute atomic E-state index is 13.4. The van der Waals surface area contributed by atoms with Crippen molar-refractivity contribution in [2.45, 2.75) is 20.0 Å². The van der Waals surface area contributed by atoms with Gasteiger partial charge in [-0.15, -0.1) is 0 Å². The van der Waals surface area contributed by atoms with Crippen molar-refractivity contribution in [2.24, 2.45) is 0 Å². The largest absolute Gasteiger partial charge is 0.384 e. The summed E-state index contributed by atoms with van der Waals surface area (Å²) in [4.78, 5) is 4.37. The average molecular weight is 283 g/mol. The van der Waals surface area contributed by atoms with Crippen molar-refractivity contribution in [3.05, 3.63) is 34.7 Å². The van der Waals surface area contributed by atoms with E-state index in [0.29, 0.717) is 17.1 Å². The van der Waals surface area contributed by atoms with Crippen LogP contribution in [0.1, 0.15) is 19.0 Å². The third kappa shape index (κ3) is 3.14. The van der Waals surface area contributed by atoms with Crippen molar-refractivity contribution in [1.82, 2.24) is 4.98 Å². The fourth-order valence-corrected chi connectivity index (χ4v) is 2.26. The molecule has 0 amide bonds. The van der Waals surface area contributed by atoms with Gasteiger partial charge in [-0.25, -0.2) is 4.39 Å². The fourth-order valence-electron chi connectivity index (χ4n) is 1.96. The summed E-state index contributed by atoms with van der Waals surface area (Å²) in [5.41, 5.74) is 2.15. The van der Waals surface area contributed by atoms with Gasteiger partial charge >= 0.3 is 0 Å². The number of fused-ring (bicyclic) bond motifs is 1. The van der Waals surface area contributed by atoms with Gasteiger partial charge in [0.15, 0.2) is 0 Å². The monoisotopic (exact) mass is 282 g/mol. The molecule has 1 heterocycles. The smallest absolute Gasteiger partial charge is 0.126 e. The van der Waals surface area contributed by atoms with E-state index in [2.05, 4.69) is 17.2 Å². The molecular formula is C14H16ClFN2O. The molecule has 0 aliphatic rings. The van der Waals surface area contributed by atoms with Crippen LogP contribution in [-0.4, -0.2) is 18.6 Å². The molecule has 2 rings (SSSR count). The zero-order valence-electron chi connectivity index (χ0n) is 11.0. The topological polar surface area (TPSA) is 34.1 Å². The normalized spacial score (nSPS) is 10.9. The van der Waals surface area contributed by atoms with Crippen molar-refractivity contribution in [3.63, 3.8) is 0 Å². The molecule has 0 radical (unpaired) electrons. The van der Waals surface area contributed by atoms with Gasteiger partial charge in [0.1, 0.15) is 5.82 Å². The Hall–Kier alpha value is -1.39. The lowest BCUT2D eigenvalue weighted by Gasteiger charge is -2.12. The van der Waals surface area contributed by atoms with Gasteiger partial charge in [0.05, 0.1) is 22.8 Å². The zero-order valence-corrected chi connectivity index (χ0v) is 11.7. The van der Waals surface area contributed by atoms with E-state index in [1.807, 2.05) is 6.07 Å². The van der Waals surface area contributed by atoms with Crippen LogP contribution in [0.3, 0.4) is 0 Å². The second-order valence-corrected chi connectivity index (χ2v) is 4.71. The number of hydrogen-bond acceptors (Lipinski definition) is 3. The molecule has 19 heavy (non-hydrogen) atoms. The first-order valence-corrected chi connectivity index (χ1v) is 6.55. The molecule has 0 aliphatic carbocycles. The van der Waals surface area contributed by atoms with E-state index in [1.54, 1.807) is 7.11 Å². The molecule has 2 aromatic rings. The van der Waals surface area contributed by atoms with Crippen LogP contribution >= 0.6 is 11.6 Å². The summed E-state index contributed by atoms with van der Waals surface area (Å²) in [5, 5.41) is 4.41. The first-order valence-electron chi connectivity index (χ1n) is 6.17. The molecule has 0 aliphatic heterocycles. The van der Waals surface area contributed by atoms with Crippen molar-refractivity contribution in [1.29, 1.82) is 0 Å². The number of anilines is 1. The highest BCUT2D eigenvalue weighted by Gasteiger charge is 2.11. The molecule has 1 aromatic carbocycles. The van der Waals surface area contributed by atoms with Crippen molar-refractivity contribution < 1.29 is 9.13 Å². The van der Waals surface area contributed by atoms with Crippen LogP contribution in [0.4, 0.5) is 10.1 Å². The van der Waals surface area contributed by atoms with E-state index in [4.69, 9.17) is 16.3 Å². The second kappa shape index (κ2) is 6.17. The highest BCUT2D eigenvalue weighted by atomic mass is 35.5. The first kappa shape index (κ1) is 14.0. The summed E-state index contributed by atoms with van der Waals surface area (Å²) in [6.07, 6.45) is 0.988. The molecule has 0 saturated carbocycles. The highest BCUT2D eigenvalue weighted by Crippen LogP contribution is 2.31. The predicted octanol–water partition coefficient (Wildman–Crippen LogP) is 4.00. The van der Waals surface area contributed by atoms with Crippen LogP contribution in [-0.2, 0) is 11.3 Å². The Kier molecular flexibility index (Phi) is 4.56. The summed E-state index contributed by atoms with van der Waals surface area (Å²) < 4.78 is 18.5. The Morgan fingerprint density at radius 2 is 2.16 bits per heavy atom. The van der Waals surface area contributed by atoms with Crippen molar-refractivity contribution >= 4 is 28.2 Å². The predicted molar refractivity (Wildman–Crippen MR) is 76.2 cm³/mol. The van der Waals surface area contributed by atoms with Crippen LogP contribution in [0, 0.1) is 5.82 Å². The Bertz CT molecular complexity index is 589. The van der Waals surface area contributed by atoms with E-state index in [0.717, 1.165) is 29.7 Å². The summed E-state index contributed by atoms with van der Waals surface area (Å²) >= 11 is 6.12. The highest BCUT2D eigenvalue weighted by molar-refractivity contribution is 6.36. The summed E-state index contributed by atoms with van der Waals surface area (Å²) in [6, 6.07) is 4.58. The van der Waals surface area contributed by atoms with Gasteiger partial charge in [-0.3, -0.25) is 4.98 Å². The molecular weight excluding hydrogens is 267 g/mol. The molecule has 0 saturated heterocycles. The number of nitrogens with one attached hydrogen (secondary N) is 1. The van der Waals surface area contributed by atoms with Crippen LogP contribution in [0.2, 0.25) is 5.02 Å². The van der Waals surface area contributed by atoms with Gasteiger partial charge < -0.3 is 10.1 Å². The minimum absolute atomic E-state index is 0.366. The molecule has 3 nitrogen and oxygen atoms in total. The molecule has 0 atom stereocenters. The quantitative estimate of drug-likeness (QED) is 0.900. The lowest BCUT2D eigenvalue weighted by Crippen LogP contribution is -2.03. The number of aromatic nitrogens is 1. The number of pyridine rings is 1.